The summed E-state index contributed by atoms with van der Waals surface area (Å²) in [6.45, 7) is 5.92. The maximum Gasteiger partial charge on any atom is 0.306 e. The predicted molar refractivity (Wildman–Crippen MR) is 214 cm³/mol. The molecule has 0 spiro atoms. The second-order valence-electron chi connectivity index (χ2n) is 14.1. The normalized spacial score (nSPS) is 15.2. The Morgan fingerprint density at radius 2 is 1.58 bits per heavy atom. The summed E-state index contributed by atoms with van der Waals surface area (Å²) in [5.74, 6) is 0.00177. The standard InChI is InChI=1S/C36H29N2O3S.C9H18O2/c1-42(39,40)35-13-7-4-10-30(35)36-28-16-14-26(37-20-18-24-8-2-5-11-31(24)37)22-33(28)41-34-23-27(15-17-29(34)36)38-21-19-25-9-3-6-12-32(25)38;1-3-5-7-8(6-4-2)9(10)11/h2-17,22-23H,18-21H2,1H3;8H,3-7H2,1-2H3,(H,10,11)/q+1;. The highest BCUT2D eigenvalue weighted by Gasteiger charge is 2.27. The van der Waals surface area contributed by atoms with Crippen LogP contribution in [0.15, 0.2) is 119 Å². The van der Waals surface area contributed by atoms with Gasteiger partial charge in [0.2, 0.25) is 11.0 Å². The lowest BCUT2D eigenvalue weighted by Crippen LogP contribution is -2.23. The lowest BCUT2D eigenvalue weighted by molar-refractivity contribution is -0.142. The van der Waals surface area contributed by atoms with Crippen LogP contribution in [-0.2, 0) is 27.5 Å². The Bertz CT molecular complexity index is 2450. The summed E-state index contributed by atoms with van der Waals surface area (Å²) in [5, 5.41) is 10.7. The van der Waals surface area contributed by atoms with Crippen LogP contribution < -0.4 is 14.8 Å². The number of unbranched alkanes of at least 4 members (excludes halogenated alkanes) is 1. The minimum Gasteiger partial charge on any atom is -0.481 e. The Labute approximate surface area is 312 Å². The first-order valence-electron chi connectivity index (χ1n) is 18.7. The van der Waals surface area contributed by atoms with E-state index in [2.05, 4.69) is 101 Å². The molecule has 272 valence electrons. The van der Waals surface area contributed by atoms with Crippen molar-refractivity contribution in [2.24, 2.45) is 5.92 Å². The monoisotopic (exact) mass is 727 g/mol. The molecule has 1 unspecified atom stereocenters. The van der Waals surface area contributed by atoms with Crippen LogP contribution in [0.3, 0.4) is 0 Å². The molecular formula is C45H47N2O5S+. The summed E-state index contributed by atoms with van der Waals surface area (Å²) >= 11 is 0. The number of carboxylic acid groups (broad SMARTS) is 1. The zero-order valence-corrected chi connectivity index (χ0v) is 31.5. The summed E-state index contributed by atoms with van der Waals surface area (Å²) in [6.07, 6.45) is 8.04. The molecule has 0 bridgehead atoms. The zero-order chi connectivity index (χ0) is 37.1. The van der Waals surface area contributed by atoms with Crippen LogP contribution >= 0.6 is 0 Å². The first-order valence-corrected chi connectivity index (χ1v) is 20.6. The molecule has 8 rings (SSSR count). The highest BCUT2D eigenvalue weighted by molar-refractivity contribution is 7.90. The number of hydrogen-bond acceptors (Lipinski definition) is 5. The minimum atomic E-state index is -3.48. The molecule has 1 aliphatic carbocycles. The molecule has 0 fully saturated rings. The first-order chi connectivity index (χ1) is 25.7. The average molecular weight is 728 g/mol. The van der Waals surface area contributed by atoms with Crippen molar-refractivity contribution in [2.45, 2.75) is 63.7 Å². The van der Waals surface area contributed by atoms with E-state index in [1.165, 1.54) is 28.8 Å². The van der Waals surface area contributed by atoms with Gasteiger partial charge < -0.3 is 14.4 Å². The van der Waals surface area contributed by atoms with E-state index in [0.29, 0.717) is 10.5 Å². The number of hydrogen-bond donors (Lipinski definition) is 1. The second kappa shape index (κ2) is 15.4. The van der Waals surface area contributed by atoms with Crippen LogP contribution in [0.4, 0.5) is 17.1 Å². The van der Waals surface area contributed by atoms with E-state index in [1.54, 1.807) is 12.1 Å². The van der Waals surface area contributed by atoms with E-state index in [0.717, 1.165) is 96.9 Å². The van der Waals surface area contributed by atoms with Crippen molar-refractivity contribution >= 4 is 43.8 Å². The van der Waals surface area contributed by atoms with E-state index >= 15 is 0 Å². The molecule has 4 aliphatic rings. The average Bonchev–Trinajstić information content (AvgIpc) is 3.80. The van der Waals surface area contributed by atoms with Gasteiger partial charge in [-0.1, -0.05) is 87.7 Å². The molecule has 4 aromatic rings. The summed E-state index contributed by atoms with van der Waals surface area (Å²) in [6, 6.07) is 36.9. The number of benzene rings is 5. The number of anilines is 2. The van der Waals surface area contributed by atoms with Crippen LogP contribution in [0.25, 0.3) is 33.4 Å². The van der Waals surface area contributed by atoms with Gasteiger partial charge in [-0.05, 0) is 55.2 Å². The summed E-state index contributed by atoms with van der Waals surface area (Å²) in [5.41, 5.74) is 9.33. The number of para-hydroxylation sites is 2. The molecular weight excluding hydrogens is 681 g/mol. The van der Waals surface area contributed by atoms with Gasteiger partial charge in [0.05, 0.1) is 16.9 Å². The molecule has 3 aliphatic heterocycles. The molecule has 4 aromatic carbocycles. The van der Waals surface area contributed by atoms with Crippen molar-refractivity contribution in [3.05, 3.63) is 126 Å². The molecule has 0 amide bonds. The molecule has 3 heterocycles. The molecule has 0 saturated carbocycles. The topological polar surface area (TPSA) is 90.8 Å². The van der Waals surface area contributed by atoms with Gasteiger partial charge in [0, 0.05) is 76.4 Å². The third-order valence-corrected chi connectivity index (χ3v) is 11.7. The van der Waals surface area contributed by atoms with Crippen LogP contribution in [0.5, 0.6) is 0 Å². The Hall–Kier alpha value is -5.21. The van der Waals surface area contributed by atoms with Crippen LogP contribution in [-0.4, -0.2) is 38.8 Å². The summed E-state index contributed by atoms with van der Waals surface area (Å²) < 4.78 is 34.9. The van der Waals surface area contributed by atoms with E-state index in [9.17, 15) is 13.2 Å². The fourth-order valence-corrected chi connectivity index (χ4v) is 8.79. The van der Waals surface area contributed by atoms with Gasteiger partial charge >= 0.3 is 5.97 Å². The number of rotatable bonds is 9. The number of aliphatic carboxylic acids is 1. The Kier molecular flexibility index (Phi) is 10.5. The third kappa shape index (κ3) is 7.38. The summed E-state index contributed by atoms with van der Waals surface area (Å²) in [4.78, 5) is 13.2. The highest BCUT2D eigenvalue weighted by Crippen LogP contribution is 2.44. The van der Waals surface area contributed by atoms with Gasteiger partial charge in [-0.2, -0.15) is 4.58 Å². The fraction of sp³-hybridized carbons (Fsp3) is 0.289. The lowest BCUT2D eigenvalue weighted by atomic mass is 9.93. The molecule has 0 radical (unpaired) electrons. The van der Waals surface area contributed by atoms with E-state index < -0.39 is 15.8 Å². The molecule has 1 atom stereocenters. The van der Waals surface area contributed by atoms with Crippen molar-refractivity contribution in [3.63, 3.8) is 0 Å². The molecule has 8 heteroatoms. The second-order valence-corrected chi connectivity index (χ2v) is 16.1. The van der Waals surface area contributed by atoms with Gasteiger partial charge in [-0.3, -0.25) is 4.79 Å². The van der Waals surface area contributed by atoms with Gasteiger partial charge in [-0.15, -0.1) is 0 Å². The smallest absolute Gasteiger partial charge is 0.306 e. The molecule has 0 saturated heterocycles. The van der Waals surface area contributed by atoms with Crippen molar-refractivity contribution in [1.29, 1.82) is 0 Å². The van der Waals surface area contributed by atoms with Crippen molar-refractivity contribution in [3.8, 4) is 22.5 Å². The van der Waals surface area contributed by atoms with Gasteiger partial charge in [-0.25, -0.2) is 8.42 Å². The quantitative estimate of drug-likeness (QED) is 0.118. The van der Waals surface area contributed by atoms with Gasteiger partial charge in [0.25, 0.3) is 0 Å². The molecule has 0 aromatic heterocycles. The molecule has 53 heavy (non-hydrogen) atoms. The van der Waals surface area contributed by atoms with Crippen LogP contribution in [0.2, 0.25) is 0 Å². The number of nitrogens with zero attached hydrogens (tertiary/aromatic N) is 2. The van der Waals surface area contributed by atoms with E-state index in [-0.39, 0.29) is 5.92 Å². The minimum absolute atomic E-state index is 0.0973. The van der Waals surface area contributed by atoms with Crippen LogP contribution in [0, 0.1) is 5.92 Å². The lowest BCUT2D eigenvalue weighted by Gasteiger charge is -2.22. The van der Waals surface area contributed by atoms with Gasteiger partial charge in [0.1, 0.15) is 11.3 Å². The SMILES string of the molecule is CCCCC(CCC)C(=O)O.CS(=O)(=O)c1ccccc1-c1c2ccc(=[N+]3CCc4ccccc43)cc-2oc2cc(N3CCc4ccccc43)ccc12. The number of fused-ring (bicyclic) bond motifs is 4. The largest absolute Gasteiger partial charge is 0.481 e. The first kappa shape index (κ1) is 36.2. The van der Waals surface area contributed by atoms with E-state index in [4.69, 9.17) is 9.52 Å². The van der Waals surface area contributed by atoms with Gasteiger partial charge in [0.15, 0.2) is 16.4 Å². The fourth-order valence-electron chi connectivity index (χ4n) is 7.89. The van der Waals surface area contributed by atoms with Crippen molar-refractivity contribution < 1.29 is 22.7 Å². The number of carbonyl (C=O) groups is 1. The Balaban J connectivity index is 0.000000346. The van der Waals surface area contributed by atoms with Crippen molar-refractivity contribution in [2.75, 3.05) is 24.2 Å². The maximum absolute atomic E-state index is 13.0. The van der Waals surface area contributed by atoms with Crippen molar-refractivity contribution in [1.82, 2.24) is 4.58 Å². The molecule has 7 nitrogen and oxygen atoms in total. The Morgan fingerprint density at radius 3 is 2.36 bits per heavy atom. The zero-order valence-electron chi connectivity index (χ0n) is 30.7. The van der Waals surface area contributed by atoms with Crippen LogP contribution in [0.1, 0.15) is 57.1 Å². The highest BCUT2D eigenvalue weighted by atomic mass is 32.2. The maximum atomic E-state index is 13.0. The van der Waals surface area contributed by atoms with E-state index in [1.807, 2.05) is 19.1 Å². The number of carboxylic acids is 1. The third-order valence-electron chi connectivity index (χ3n) is 10.5. The summed E-state index contributed by atoms with van der Waals surface area (Å²) in [7, 11) is -3.48. The molecule has 1 N–H and O–H groups in total. The Morgan fingerprint density at radius 1 is 0.830 bits per heavy atom. The number of sulfone groups is 1. The predicted octanol–water partition coefficient (Wildman–Crippen LogP) is 9.64.